The van der Waals surface area contributed by atoms with Crippen molar-refractivity contribution in [1.82, 2.24) is 9.55 Å². The molecule has 0 aliphatic carbocycles. The van der Waals surface area contributed by atoms with Gasteiger partial charge in [-0.05, 0) is 48.0 Å². The van der Waals surface area contributed by atoms with Crippen LogP contribution in [0.2, 0.25) is 0 Å². The number of hydrogen-bond donors (Lipinski definition) is 2. The number of benzene rings is 3. The molecule has 0 amide bonds. The molecule has 1 aromatic heterocycles. The van der Waals surface area contributed by atoms with Crippen LogP contribution in [-0.4, -0.2) is 24.7 Å². The number of aromatic nitrogens is 2. The number of fused-ring (bicyclic) bond motifs is 1. The predicted octanol–water partition coefficient (Wildman–Crippen LogP) is 3.88. The van der Waals surface area contributed by atoms with Gasteiger partial charge in [0.1, 0.15) is 5.82 Å². The third-order valence-electron chi connectivity index (χ3n) is 4.54. The van der Waals surface area contributed by atoms with Crippen molar-refractivity contribution in [3.05, 3.63) is 98.6 Å². The minimum Gasteiger partial charge on any atom is -0.504 e. The minimum absolute atomic E-state index is 0.0859. The van der Waals surface area contributed by atoms with Crippen molar-refractivity contribution in [3.8, 4) is 17.2 Å². The van der Waals surface area contributed by atoms with E-state index in [1.54, 1.807) is 42.5 Å². The van der Waals surface area contributed by atoms with Crippen LogP contribution in [0.1, 0.15) is 11.4 Å². The summed E-state index contributed by atoms with van der Waals surface area (Å²) in [6.07, 6.45) is 3.23. The van der Waals surface area contributed by atoms with E-state index in [4.69, 9.17) is 0 Å². The standard InChI is InChI=1S/C22H15N3O5/c26-19-11-5-14(13-20(19)27)6-12-21-23-18-4-2-1-3-17(18)22(28)24(21)15-7-9-16(10-8-15)25(29)30/h1-13,26-27H. The monoisotopic (exact) mass is 401 g/mol. The lowest BCUT2D eigenvalue weighted by atomic mass is 10.1. The minimum atomic E-state index is -0.511. The number of aromatic hydroxyl groups is 2. The SMILES string of the molecule is O=c1c2ccccc2nc(C=Cc2ccc(O)c(O)c2)n1-c1ccc([N+](=O)[O-])cc1. The van der Waals surface area contributed by atoms with Crippen LogP contribution in [0.15, 0.2) is 71.5 Å². The van der Waals surface area contributed by atoms with E-state index in [1.165, 1.54) is 41.0 Å². The van der Waals surface area contributed by atoms with Gasteiger partial charge in [0, 0.05) is 12.1 Å². The highest BCUT2D eigenvalue weighted by molar-refractivity contribution is 5.80. The number of phenols is 2. The molecule has 4 aromatic rings. The quantitative estimate of drug-likeness (QED) is 0.304. The lowest BCUT2D eigenvalue weighted by Gasteiger charge is -2.11. The van der Waals surface area contributed by atoms with Gasteiger partial charge in [0.2, 0.25) is 0 Å². The van der Waals surface area contributed by atoms with Crippen LogP contribution < -0.4 is 5.56 Å². The summed E-state index contributed by atoms with van der Waals surface area (Å²) in [7, 11) is 0. The van der Waals surface area contributed by atoms with E-state index in [0.717, 1.165) is 0 Å². The number of nitro benzene ring substituents is 1. The average Bonchev–Trinajstić information content (AvgIpc) is 2.75. The number of phenolic OH excluding ortho intramolecular Hbond substituents is 2. The summed E-state index contributed by atoms with van der Waals surface area (Å²) >= 11 is 0. The molecule has 8 nitrogen and oxygen atoms in total. The Hall–Kier alpha value is -4.46. The van der Waals surface area contributed by atoms with Crippen molar-refractivity contribution in [1.29, 1.82) is 0 Å². The molecular formula is C22H15N3O5. The Morgan fingerprint density at radius 3 is 2.37 bits per heavy atom. The Balaban J connectivity index is 1.89. The average molecular weight is 401 g/mol. The van der Waals surface area contributed by atoms with Crippen LogP contribution in [-0.2, 0) is 0 Å². The van der Waals surface area contributed by atoms with E-state index >= 15 is 0 Å². The summed E-state index contributed by atoms with van der Waals surface area (Å²) in [6.45, 7) is 0. The molecule has 3 aromatic carbocycles. The van der Waals surface area contributed by atoms with Crippen molar-refractivity contribution in [2.45, 2.75) is 0 Å². The summed E-state index contributed by atoms with van der Waals surface area (Å²) in [5.74, 6) is -0.199. The number of non-ortho nitro benzene ring substituents is 1. The van der Waals surface area contributed by atoms with Crippen molar-refractivity contribution in [2.24, 2.45) is 0 Å². The molecule has 30 heavy (non-hydrogen) atoms. The number of para-hydroxylation sites is 1. The van der Waals surface area contributed by atoms with Gasteiger partial charge in [-0.25, -0.2) is 4.98 Å². The van der Waals surface area contributed by atoms with E-state index in [0.29, 0.717) is 28.0 Å². The predicted molar refractivity (Wildman–Crippen MR) is 113 cm³/mol. The van der Waals surface area contributed by atoms with Crippen molar-refractivity contribution >= 4 is 28.7 Å². The zero-order chi connectivity index (χ0) is 21.3. The first-order valence-corrected chi connectivity index (χ1v) is 8.91. The van der Waals surface area contributed by atoms with E-state index in [2.05, 4.69) is 4.98 Å². The molecule has 0 radical (unpaired) electrons. The van der Waals surface area contributed by atoms with E-state index in [1.807, 2.05) is 0 Å². The van der Waals surface area contributed by atoms with Gasteiger partial charge in [-0.3, -0.25) is 19.5 Å². The molecule has 0 saturated heterocycles. The van der Waals surface area contributed by atoms with Crippen LogP contribution in [0.5, 0.6) is 11.5 Å². The van der Waals surface area contributed by atoms with Crippen molar-refractivity contribution in [2.75, 3.05) is 0 Å². The third-order valence-corrected chi connectivity index (χ3v) is 4.54. The van der Waals surface area contributed by atoms with E-state index < -0.39 is 4.92 Å². The molecule has 8 heteroatoms. The molecular weight excluding hydrogens is 386 g/mol. The number of nitrogens with zero attached hydrogens (tertiary/aromatic N) is 3. The van der Waals surface area contributed by atoms with Crippen molar-refractivity contribution < 1.29 is 15.1 Å². The first kappa shape index (κ1) is 18.9. The smallest absolute Gasteiger partial charge is 0.269 e. The highest BCUT2D eigenvalue weighted by Gasteiger charge is 2.12. The third kappa shape index (κ3) is 3.49. The lowest BCUT2D eigenvalue weighted by Crippen LogP contribution is -2.22. The molecule has 0 atom stereocenters. The molecule has 2 N–H and O–H groups in total. The van der Waals surface area contributed by atoms with E-state index in [-0.39, 0.29) is 22.7 Å². The van der Waals surface area contributed by atoms with Gasteiger partial charge in [-0.2, -0.15) is 0 Å². The second-order valence-electron chi connectivity index (χ2n) is 6.48. The Bertz CT molecular complexity index is 1360. The molecule has 0 aliphatic rings. The Morgan fingerprint density at radius 2 is 1.67 bits per heavy atom. The molecule has 0 spiro atoms. The Labute approximate surface area is 169 Å². The van der Waals surface area contributed by atoms with Gasteiger partial charge in [0.15, 0.2) is 11.5 Å². The molecule has 0 saturated carbocycles. The molecule has 0 aliphatic heterocycles. The van der Waals surface area contributed by atoms with Crippen LogP contribution >= 0.6 is 0 Å². The van der Waals surface area contributed by atoms with Crippen LogP contribution in [0.25, 0.3) is 28.7 Å². The van der Waals surface area contributed by atoms with Crippen LogP contribution in [0.3, 0.4) is 0 Å². The van der Waals surface area contributed by atoms with Crippen LogP contribution in [0.4, 0.5) is 5.69 Å². The highest BCUT2D eigenvalue weighted by atomic mass is 16.6. The second kappa shape index (κ2) is 7.51. The molecule has 4 rings (SSSR count). The van der Waals surface area contributed by atoms with Crippen LogP contribution in [0, 0.1) is 10.1 Å². The highest BCUT2D eigenvalue weighted by Crippen LogP contribution is 2.26. The van der Waals surface area contributed by atoms with Gasteiger partial charge in [0.05, 0.1) is 21.5 Å². The summed E-state index contributed by atoms with van der Waals surface area (Å²) in [6, 6.07) is 16.8. The second-order valence-corrected chi connectivity index (χ2v) is 6.48. The molecule has 0 bridgehead atoms. The largest absolute Gasteiger partial charge is 0.504 e. The molecule has 0 fully saturated rings. The number of hydrogen-bond acceptors (Lipinski definition) is 6. The van der Waals surface area contributed by atoms with E-state index in [9.17, 15) is 25.1 Å². The molecule has 0 unspecified atom stereocenters. The normalized spacial score (nSPS) is 11.2. The first-order chi connectivity index (χ1) is 14.4. The number of nitro groups is 1. The van der Waals surface area contributed by atoms with Gasteiger partial charge in [-0.1, -0.05) is 24.3 Å². The summed E-state index contributed by atoms with van der Waals surface area (Å²) in [5.41, 5.74) is 1.12. The maximum absolute atomic E-state index is 13.2. The fourth-order valence-electron chi connectivity index (χ4n) is 3.05. The van der Waals surface area contributed by atoms with Gasteiger partial charge < -0.3 is 10.2 Å². The van der Waals surface area contributed by atoms with Gasteiger partial charge >= 0.3 is 0 Å². The fourth-order valence-corrected chi connectivity index (χ4v) is 3.05. The maximum Gasteiger partial charge on any atom is 0.269 e. The Morgan fingerprint density at radius 1 is 0.933 bits per heavy atom. The summed E-state index contributed by atoms with van der Waals surface area (Å²) in [4.78, 5) is 28.1. The zero-order valence-electron chi connectivity index (χ0n) is 15.5. The van der Waals surface area contributed by atoms with Crippen molar-refractivity contribution in [3.63, 3.8) is 0 Å². The molecule has 1 heterocycles. The topological polar surface area (TPSA) is 118 Å². The summed E-state index contributed by atoms with van der Waals surface area (Å²) in [5, 5.41) is 30.5. The molecule has 148 valence electrons. The Kier molecular flexibility index (Phi) is 4.73. The number of rotatable bonds is 4. The first-order valence-electron chi connectivity index (χ1n) is 8.91. The summed E-state index contributed by atoms with van der Waals surface area (Å²) < 4.78 is 1.36. The maximum atomic E-state index is 13.2. The zero-order valence-corrected chi connectivity index (χ0v) is 15.5. The van der Waals surface area contributed by atoms with Gasteiger partial charge in [0.25, 0.3) is 11.2 Å². The lowest BCUT2D eigenvalue weighted by molar-refractivity contribution is -0.384. The fraction of sp³-hybridized carbons (Fsp3) is 0. The van der Waals surface area contributed by atoms with Gasteiger partial charge in [-0.15, -0.1) is 0 Å².